The van der Waals surface area contributed by atoms with Crippen LogP contribution in [0.1, 0.15) is 44.2 Å². The average molecular weight is 623 g/mol. The van der Waals surface area contributed by atoms with Gasteiger partial charge in [0.25, 0.3) is 5.60 Å². The highest BCUT2D eigenvalue weighted by molar-refractivity contribution is 6.34. The van der Waals surface area contributed by atoms with Gasteiger partial charge in [-0.25, -0.2) is 0 Å². The fourth-order valence-corrected chi connectivity index (χ4v) is 4.00. The Bertz CT molecular complexity index is 1140. The third-order valence-electron chi connectivity index (χ3n) is 4.94. The van der Waals surface area contributed by atoms with Gasteiger partial charge in [0.1, 0.15) is 6.29 Å². The van der Waals surface area contributed by atoms with Gasteiger partial charge in [-0.15, -0.1) is 0 Å². The number of hydrogen-bond acceptors (Lipinski definition) is 5. The van der Waals surface area contributed by atoms with Gasteiger partial charge in [-0.1, -0.05) is 52.9 Å². The van der Waals surface area contributed by atoms with Crippen molar-refractivity contribution in [3.05, 3.63) is 62.6 Å². The Kier molecular flexibility index (Phi) is 12.9. The maximum absolute atomic E-state index is 14.1. The predicted octanol–water partition coefficient (Wildman–Crippen LogP) is 7.88. The first kappa shape index (κ1) is 34.3. The average Bonchev–Trinajstić information content (AvgIpc) is 3.26. The molecule has 1 heterocycles. The zero-order valence-corrected chi connectivity index (χ0v) is 23.0. The van der Waals surface area contributed by atoms with E-state index in [0.717, 1.165) is 18.4 Å². The minimum Gasteiger partial charge on any atom is -0.374 e. The molecule has 1 N–H and O–H groups in total. The van der Waals surface area contributed by atoms with Gasteiger partial charge >= 0.3 is 12.4 Å². The van der Waals surface area contributed by atoms with Crippen molar-refractivity contribution in [2.24, 2.45) is 5.16 Å². The lowest BCUT2D eigenvalue weighted by atomic mass is 9.86. The number of aldehydes is 1. The van der Waals surface area contributed by atoms with Crippen molar-refractivity contribution in [3.63, 3.8) is 0 Å². The number of halogens is 9. The van der Waals surface area contributed by atoms with Crippen molar-refractivity contribution in [1.82, 2.24) is 5.43 Å². The Hall–Kier alpha value is -2.70. The number of carbonyl (C=O) groups excluding carboxylic acids is 2. The van der Waals surface area contributed by atoms with Crippen molar-refractivity contribution in [2.75, 3.05) is 12.1 Å². The maximum Gasteiger partial charge on any atom is 0.435 e. The molecule has 1 atom stereocenters. The largest absolute Gasteiger partial charge is 0.435 e. The number of hydrogen-bond donors (Lipinski definition) is 1. The molecule has 1 aliphatic rings. The maximum atomic E-state index is 14.1. The summed E-state index contributed by atoms with van der Waals surface area (Å²) in [7, 11) is 1.53. The van der Waals surface area contributed by atoms with Crippen LogP contribution < -0.4 is 10.4 Å². The van der Waals surface area contributed by atoms with Crippen LogP contribution in [0, 0.1) is 0 Å². The van der Waals surface area contributed by atoms with E-state index in [4.69, 9.17) is 44.4 Å². The van der Waals surface area contributed by atoms with Gasteiger partial charge in [0.2, 0.25) is 6.41 Å². The molecule has 3 rings (SSSR count). The molecule has 0 aliphatic carbocycles. The van der Waals surface area contributed by atoms with E-state index in [2.05, 4.69) is 10.6 Å². The molecule has 0 aromatic heterocycles. The first-order valence-electron chi connectivity index (χ1n) is 11.0. The first-order valence-corrected chi connectivity index (χ1v) is 12.2. The number of nitrogens with zero attached hydrogens (tertiary/aromatic N) is 2. The molecule has 2 aromatic rings. The van der Waals surface area contributed by atoms with Crippen molar-refractivity contribution in [2.45, 2.75) is 51.1 Å². The summed E-state index contributed by atoms with van der Waals surface area (Å²) in [5.74, 6) is 0. The van der Waals surface area contributed by atoms with Crippen LogP contribution in [0.4, 0.5) is 32.0 Å². The summed E-state index contributed by atoms with van der Waals surface area (Å²) in [6.07, 6.45) is -8.63. The number of carbonyl (C=O) groups is 2. The molecule has 39 heavy (non-hydrogen) atoms. The van der Waals surface area contributed by atoms with E-state index in [9.17, 15) is 31.1 Å². The van der Waals surface area contributed by atoms with Gasteiger partial charge < -0.3 is 9.63 Å². The molecule has 1 unspecified atom stereocenters. The Labute approximate surface area is 235 Å². The van der Waals surface area contributed by atoms with E-state index < -0.39 is 30.8 Å². The highest BCUT2D eigenvalue weighted by atomic mass is 35.5. The highest BCUT2D eigenvalue weighted by Gasteiger charge is 2.62. The normalized spacial score (nSPS) is 16.5. The van der Waals surface area contributed by atoms with E-state index >= 15 is 0 Å². The summed E-state index contributed by atoms with van der Waals surface area (Å²) in [5, 5.41) is 5.39. The molecule has 0 fully saturated rings. The minimum absolute atomic E-state index is 0.0449. The number of amides is 1. The molecule has 0 bridgehead atoms. The van der Waals surface area contributed by atoms with Crippen LogP contribution in [0.25, 0.3) is 0 Å². The van der Waals surface area contributed by atoms with Crippen LogP contribution in [0.3, 0.4) is 0 Å². The fourth-order valence-electron chi connectivity index (χ4n) is 3.23. The number of alkyl halides is 6. The van der Waals surface area contributed by atoms with Crippen LogP contribution in [0.2, 0.25) is 15.1 Å². The Balaban J connectivity index is 0.000000652. The molecule has 216 valence electrons. The molecule has 6 nitrogen and oxygen atoms in total. The quantitative estimate of drug-likeness (QED) is 0.202. The second-order valence-electron chi connectivity index (χ2n) is 7.86. The Morgan fingerprint density at radius 1 is 1.05 bits per heavy atom. The first-order chi connectivity index (χ1) is 18.0. The van der Waals surface area contributed by atoms with Gasteiger partial charge in [-0.3, -0.25) is 15.2 Å². The lowest BCUT2D eigenvalue weighted by Crippen LogP contribution is -2.42. The molecule has 2 aromatic carbocycles. The van der Waals surface area contributed by atoms with Crippen molar-refractivity contribution >= 4 is 58.9 Å². The van der Waals surface area contributed by atoms with E-state index in [1.807, 2.05) is 0 Å². The third-order valence-corrected chi connectivity index (χ3v) is 5.69. The molecule has 15 heteroatoms. The Morgan fingerprint density at radius 2 is 1.62 bits per heavy atom. The number of oxime groups is 1. The van der Waals surface area contributed by atoms with Gasteiger partial charge in [0, 0.05) is 41.1 Å². The van der Waals surface area contributed by atoms with Crippen molar-refractivity contribution < 1.29 is 40.8 Å². The monoisotopic (exact) mass is 621 g/mol. The molecular weight excluding hydrogens is 599 g/mol. The van der Waals surface area contributed by atoms with E-state index in [0.29, 0.717) is 17.7 Å². The van der Waals surface area contributed by atoms with Crippen LogP contribution in [-0.2, 0) is 20.0 Å². The molecular formula is C24H24Cl3F6N3O3. The number of anilines is 1. The van der Waals surface area contributed by atoms with Crippen molar-refractivity contribution in [3.8, 4) is 0 Å². The molecule has 0 radical (unpaired) electrons. The number of nitrogens with one attached hydrogen (secondary N) is 1. The SMILES string of the molecule is CC=O.CCCC(F)(F)F.CN(NC=O)c1cc(C2=NOC(c3cc(Cl)cc(Cl)c3)(C(F)(F)F)C2)ccc1Cl. The van der Waals surface area contributed by atoms with Gasteiger partial charge in [0.15, 0.2) is 0 Å². The predicted molar refractivity (Wildman–Crippen MR) is 138 cm³/mol. The topological polar surface area (TPSA) is 71.0 Å². The lowest BCUT2D eigenvalue weighted by molar-refractivity contribution is -0.275. The summed E-state index contributed by atoms with van der Waals surface area (Å²) in [4.78, 5) is 24.4. The summed E-state index contributed by atoms with van der Waals surface area (Å²) < 4.78 is 75.4. The van der Waals surface area contributed by atoms with Crippen LogP contribution >= 0.6 is 34.8 Å². The van der Waals surface area contributed by atoms with Gasteiger partial charge in [-0.05, 0) is 43.7 Å². The van der Waals surface area contributed by atoms with Crippen molar-refractivity contribution in [1.29, 1.82) is 0 Å². The second-order valence-corrected chi connectivity index (χ2v) is 9.14. The van der Waals surface area contributed by atoms with Crippen LogP contribution in [-0.4, -0.2) is 37.8 Å². The standard InChI is InChI=1S/C18H13Cl3F3N3O2.C4H7F3.C2H4O/c1-27(25-9-28)16-4-10(2-3-14(16)21)15-8-17(29-26-15,18(22,23)24)11-5-12(19)7-13(20)6-11;1-2-3-4(5,6)7;1-2-3/h2-7,9H,8H2,1H3,(H,25,28);2-3H2,1H3;2H,1H3. The van der Waals surface area contributed by atoms with E-state index in [-0.39, 0.29) is 32.8 Å². The number of rotatable bonds is 6. The minimum atomic E-state index is -4.79. The summed E-state index contributed by atoms with van der Waals surface area (Å²) in [5.41, 5.74) is 0.172. The zero-order chi connectivity index (χ0) is 30.0. The zero-order valence-electron chi connectivity index (χ0n) is 20.8. The number of benzene rings is 2. The Morgan fingerprint density at radius 3 is 2.05 bits per heavy atom. The highest BCUT2D eigenvalue weighted by Crippen LogP contribution is 2.50. The van der Waals surface area contributed by atoms with Crippen LogP contribution in [0.5, 0.6) is 0 Å². The lowest BCUT2D eigenvalue weighted by Gasteiger charge is -2.29. The van der Waals surface area contributed by atoms with Gasteiger partial charge in [-0.2, -0.15) is 26.3 Å². The summed E-state index contributed by atoms with van der Waals surface area (Å²) in [6.45, 7) is 2.95. The third kappa shape index (κ3) is 9.77. The molecule has 1 amide bonds. The number of hydrazine groups is 1. The summed E-state index contributed by atoms with van der Waals surface area (Å²) >= 11 is 17.9. The van der Waals surface area contributed by atoms with Gasteiger partial charge in [0.05, 0.1) is 16.4 Å². The van der Waals surface area contributed by atoms with E-state index in [1.54, 1.807) is 0 Å². The molecule has 0 spiro atoms. The smallest absolute Gasteiger partial charge is 0.374 e. The summed E-state index contributed by atoms with van der Waals surface area (Å²) in [6, 6.07) is 8.12. The molecule has 0 saturated carbocycles. The van der Waals surface area contributed by atoms with E-state index in [1.165, 1.54) is 50.2 Å². The second kappa shape index (κ2) is 14.6. The molecule has 0 saturated heterocycles. The molecule has 1 aliphatic heterocycles. The fraction of sp³-hybridized carbons (Fsp3) is 0.375. The van der Waals surface area contributed by atoms with Crippen LogP contribution in [0.15, 0.2) is 41.6 Å².